The first-order valence-electron chi connectivity index (χ1n) is 9.59. The average molecular weight is 402 g/mol. The van der Waals surface area contributed by atoms with E-state index in [1.165, 1.54) is 0 Å². The van der Waals surface area contributed by atoms with Gasteiger partial charge >= 0.3 is 0 Å². The molecular formula is C22H26O7. The number of benzene rings is 2. The maximum atomic E-state index is 10.2. The van der Waals surface area contributed by atoms with Gasteiger partial charge in [-0.15, -0.1) is 0 Å². The van der Waals surface area contributed by atoms with Crippen LogP contribution in [0.5, 0.6) is 28.7 Å². The van der Waals surface area contributed by atoms with E-state index in [0.29, 0.717) is 35.2 Å². The molecule has 2 aromatic rings. The third kappa shape index (κ3) is 3.24. The summed E-state index contributed by atoms with van der Waals surface area (Å²) in [5, 5.41) is 20.3. The summed E-state index contributed by atoms with van der Waals surface area (Å²) < 4.78 is 27.6. The van der Waals surface area contributed by atoms with Gasteiger partial charge in [0, 0.05) is 19.1 Å². The van der Waals surface area contributed by atoms with E-state index in [0.717, 1.165) is 16.7 Å². The van der Waals surface area contributed by atoms with Crippen LogP contribution < -0.4 is 23.7 Å². The number of methoxy groups -OCH3 is 3. The van der Waals surface area contributed by atoms with Crippen LogP contribution in [0.4, 0.5) is 0 Å². The molecule has 156 valence electrons. The second kappa shape index (κ2) is 8.00. The van der Waals surface area contributed by atoms with E-state index >= 15 is 0 Å². The van der Waals surface area contributed by atoms with Gasteiger partial charge in [0.05, 0.1) is 21.3 Å². The fourth-order valence-corrected chi connectivity index (χ4v) is 4.56. The predicted molar refractivity (Wildman–Crippen MR) is 105 cm³/mol. The first-order valence-corrected chi connectivity index (χ1v) is 9.59. The van der Waals surface area contributed by atoms with Crippen molar-refractivity contribution in [1.82, 2.24) is 0 Å². The first kappa shape index (κ1) is 19.7. The molecule has 4 rings (SSSR count). The lowest BCUT2D eigenvalue weighted by Gasteiger charge is -2.39. The third-order valence-electron chi connectivity index (χ3n) is 5.98. The number of rotatable bonds is 6. The molecule has 0 unspecified atom stereocenters. The number of aliphatic hydroxyl groups excluding tert-OH is 2. The van der Waals surface area contributed by atoms with Crippen molar-refractivity contribution in [2.45, 2.75) is 12.3 Å². The van der Waals surface area contributed by atoms with Gasteiger partial charge in [0.25, 0.3) is 0 Å². The minimum atomic E-state index is -0.177. The summed E-state index contributed by atoms with van der Waals surface area (Å²) in [7, 11) is 4.72. The Morgan fingerprint density at radius 3 is 2.10 bits per heavy atom. The van der Waals surface area contributed by atoms with Gasteiger partial charge in [-0.1, -0.05) is 0 Å². The molecule has 0 spiro atoms. The molecule has 2 aliphatic rings. The first-order chi connectivity index (χ1) is 14.1. The van der Waals surface area contributed by atoms with Crippen LogP contribution in [0.2, 0.25) is 0 Å². The number of hydrogen-bond donors (Lipinski definition) is 2. The molecule has 3 atom stereocenters. The van der Waals surface area contributed by atoms with Gasteiger partial charge in [0.15, 0.2) is 23.0 Å². The highest BCUT2D eigenvalue weighted by Gasteiger charge is 2.39. The van der Waals surface area contributed by atoms with Gasteiger partial charge in [0.2, 0.25) is 12.5 Å². The molecule has 7 nitrogen and oxygen atoms in total. The van der Waals surface area contributed by atoms with Crippen molar-refractivity contribution in [3.63, 3.8) is 0 Å². The Morgan fingerprint density at radius 2 is 1.55 bits per heavy atom. The highest BCUT2D eigenvalue weighted by Crippen LogP contribution is 2.50. The topological polar surface area (TPSA) is 86.6 Å². The Bertz CT molecular complexity index is 870. The van der Waals surface area contributed by atoms with E-state index in [1.54, 1.807) is 21.3 Å². The van der Waals surface area contributed by atoms with Crippen LogP contribution in [0.3, 0.4) is 0 Å². The van der Waals surface area contributed by atoms with Crippen LogP contribution in [0, 0.1) is 11.8 Å². The summed E-state index contributed by atoms with van der Waals surface area (Å²) in [5.41, 5.74) is 3.04. The average Bonchev–Trinajstić information content (AvgIpc) is 3.22. The maximum absolute atomic E-state index is 10.2. The molecule has 0 radical (unpaired) electrons. The van der Waals surface area contributed by atoms with E-state index in [4.69, 9.17) is 23.7 Å². The van der Waals surface area contributed by atoms with E-state index in [-0.39, 0.29) is 37.8 Å². The summed E-state index contributed by atoms with van der Waals surface area (Å²) in [6.45, 7) is 0.125. The molecule has 7 heteroatoms. The number of fused-ring (bicyclic) bond motifs is 2. The highest BCUT2D eigenvalue weighted by atomic mass is 16.7. The van der Waals surface area contributed by atoms with E-state index in [2.05, 4.69) is 0 Å². The normalized spacial score (nSPS) is 22.2. The maximum Gasteiger partial charge on any atom is 0.231 e. The van der Waals surface area contributed by atoms with Crippen LogP contribution in [-0.4, -0.2) is 51.5 Å². The van der Waals surface area contributed by atoms with Gasteiger partial charge in [-0.2, -0.15) is 0 Å². The molecule has 0 amide bonds. The van der Waals surface area contributed by atoms with Gasteiger partial charge in [-0.3, -0.25) is 0 Å². The molecule has 1 aliphatic carbocycles. The van der Waals surface area contributed by atoms with Crippen LogP contribution in [-0.2, 0) is 6.42 Å². The van der Waals surface area contributed by atoms with Gasteiger partial charge < -0.3 is 33.9 Å². The van der Waals surface area contributed by atoms with Crippen molar-refractivity contribution in [1.29, 1.82) is 0 Å². The molecule has 0 bridgehead atoms. The van der Waals surface area contributed by atoms with Crippen molar-refractivity contribution >= 4 is 0 Å². The lowest BCUT2D eigenvalue weighted by atomic mass is 9.67. The molecule has 1 heterocycles. The standard InChI is InChI=1S/C22H26O7/c1-25-19-6-13(7-20(26-2)22(19)27-3)21-15-8-18-17(28-11-29-18)5-12(15)4-14(9-23)16(21)10-24/h5-8,14,16,21,23-24H,4,9-11H2,1-3H3/t14-,16-,21+/m0/s1. The Kier molecular flexibility index (Phi) is 5.43. The second-order valence-electron chi connectivity index (χ2n) is 7.33. The largest absolute Gasteiger partial charge is 0.493 e. The zero-order chi connectivity index (χ0) is 20.5. The molecular weight excluding hydrogens is 376 g/mol. The molecule has 0 fully saturated rings. The highest BCUT2D eigenvalue weighted by molar-refractivity contribution is 5.58. The fourth-order valence-electron chi connectivity index (χ4n) is 4.56. The van der Waals surface area contributed by atoms with E-state index in [9.17, 15) is 10.2 Å². The predicted octanol–water partition coefficient (Wildman–Crippen LogP) is 2.35. The van der Waals surface area contributed by atoms with Crippen LogP contribution in [0.15, 0.2) is 24.3 Å². The Morgan fingerprint density at radius 1 is 0.897 bits per heavy atom. The van der Waals surface area contributed by atoms with Gasteiger partial charge in [0.1, 0.15) is 0 Å². The quantitative estimate of drug-likeness (QED) is 0.767. The molecule has 2 aromatic carbocycles. The lowest BCUT2D eigenvalue weighted by Crippen LogP contribution is -2.35. The Hall–Kier alpha value is -2.64. The molecule has 1 aliphatic heterocycles. The van der Waals surface area contributed by atoms with Crippen molar-refractivity contribution in [3.8, 4) is 28.7 Å². The minimum Gasteiger partial charge on any atom is -0.493 e. The summed E-state index contributed by atoms with van der Waals surface area (Å²) in [6, 6.07) is 7.78. The monoisotopic (exact) mass is 402 g/mol. The number of ether oxygens (including phenoxy) is 5. The molecule has 0 aromatic heterocycles. The van der Waals surface area contributed by atoms with Crippen molar-refractivity contribution in [3.05, 3.63) is 41.0 Å². The van der Waals surface area contributed by atoms with Crippen LogP contribution in [0.1, 0.15) is 22.6 Å². The smallest absolute Gasteiger partial charge is 0.231 e. The fraction of sp³-hybridized carbons (Fsp3) is 0.455. The van der Waals surface area contributed by atoms with Crippen molar-refractivity contribution in [2.75, 3.05) is 41.3 Å². The summed E-state index contributed by atoms with van der Waals surface area (Å²) >= 11 is 0. The minimum absolute atomic E-state index is 0.0139. The Labute approximate surface area is 169 Å². The summed E-state index contributed by atoms with van der Waals surface area (Å²) in [4.78, 5) is 0. The summed E-state index contributed by atoms with van der Waals surface area (Å²) in [5.74, 6) is 2.59. The molecule has 0 saturated carbocycles. The van der Waals surface area contributed by atoms with Gasteiger partial charge in [-0.05, 0) is 59.2 Å². The van der Waals surface area contributed by atoms with Crippen LogP contribution >= 0.6 is 0 Å². The molecule has 0 saturated heterocycles. The van der Waals surface area contributed by atoms with Crippen molar-refractivity contribution < 1.29 is 33.9 Å². The lowest BCUT2D eigenvalue weighted by molar-refractivity contribution is 0.101. The van der Waals surface area contributed by atoms with Gasteiger partial charge in [-0.25, -0.2) is 0 Å². The Balaban J connectivity index is 1.91. The SMILES string of the molecule is COc1cc([C@@H]2c3cc4c(cc3C[C@@H](CO)[C@@H]2CO)OCO4)cc(OC)c1OC. The third-order valence-corrected chi connectivity index (χ3v) is 5.98. The van der Waals surface area contributed by atoms with E-state index in [1.807, 2.05) is 24.3 Å². The van der Waals surface area contributed by atoms with Crippen molar-refractivity contribution in [2.24, 2.45) is 11.8 Å². The summed E-state index contributed by atoms with van der Waals surface area (Å²) in [6.07, 6.45) is 0.661. The van der Waals surface area contributed by atoms with E-state index < -0.39 is 0 Å². The second-order valence-corrected chi connectivity index (χ2v) is 7.33. The number of aliphatic hydroxyl groups is 2. The molecule has 29 heavy (non-hydrogen) atoms. The zero-order valence-electron chi connectivity index (χ0n) is 16.8. The number of hydrogen-bond acceptors (Lipinski definition) is 7. The zero-order valence-corrected chi connectivity index (χ0v) is 16.8. The van der Waals surface area contributed by atoms with Crippen LogP contribution in [0.25, 0.3) is 0 Å². The molecule has 2 N–H and O–H groups in total.